The van der Waals surface area contributed by atoms with Crippen molar-refractivity contribution in [3.63, 3.8) is 0 Å². The Hall–Kier alpha value is -0.940. The zero-order valence-corrected chi connectivity index (χ0v) is 13.0. The molecule has 1 aromatic rings. The van der Waals surface area contributed by atoms with Gasteiger partial charge in [0.05, 0.1) is 0 Å². The van der Waals surface area contributed by atoms with Gasteiger partial charge in [-0.05, 0) is 38.1 Å². The zero-order chi connectivity index (χ0) is 14.5. The molecule has 0 aliphatic carbocycles. The summed E-state index contributed by atoms with van der Waals surface area (Å²) in [6.07, 6.45) is 2.12. The Labute approximate surface area is 122 Å². The van der Waals surface area contributed by atoms with Crippen molar-refractivity contribution in [1.29, 1.82) is 0 Å². The molecule has 4 heteroatoms. The van der Waals surface area contributed by atoms with Crippen LogP contribution in [0.4, 0.5) is 0 Å². The molecule has 1 aromatic carbocycles. The number of hydrogen-bond donors (Lipinski definition) is 2. The highest BCUT2D eigenvalue weighted by Gasteiger charge is 2.25. The smallest absolute Gasteiger partial charge is 0.0475 e. The molecule has 4 nitrogen and oxygen atoms in total. The SMILES string of the molecule is CCc1ccc(C(CC2CN(C)CCN2C)NN)cc1. The number of likely N-dealkylation sites (N-methyl/N-ethyl adjacent to an activating group) is 2. The third-order valence-electron chi connectivity index (χ3n) is 4.48. The Kier molecular flexibility index (Phi) is 5.54. The van der Waals surface area contributed by atoms with Gasteiger partial charge in [-0.3, -0.25) is 11.3 Å². The number of hydrazine groups is 1. The summed E-state index contributed by atoms with van der Waals surface area (Å²) >= 11 is 0. The second kappa shape index (κ2) is 7.18. The van der Waals surface area contributed by atoms with Crippen LogP contribution in [0.15, 0.2) is 24.3 Å². The first-order valence-corrected chi connectivity index (χ1v) is 7.57. The third-order valence-corrected chi connectivity index (χ3v) is 4.48. The minimum atomic E-state index is 0.222. The molecule has 2 atom stereocenters. The van der Waals surface area contributed by atoms with E-state index in [1.54, 1.807) is 0 Å². The van der Waals surface area contributed by atoms with Crippen LogP contribution >= 0.6 is 0 Å². The lowest BCUT2D eigenvalue weighted by Crippen LogP contribution is -2.51. The highest BCUT2D eigenvalue weighted by atomic mass is 15.3. The van der Waals surface area contributed by atoms with Crippen LogP contribution in [0.5, 0.6) is 0 Å². The minimum Gasteiger partial charge on any atom is -0.304 e. The van der Waals surface area contributed by atoms with Gasteiger partial charge >= 0.3 is 0 Å². The van der Waals surface area contributed by atoms with Crippen molar-refractivity contribution in [1.82, 2.24) is 15.2 Å². The largest absolute Gasteiger partial charge is 0.304 e. The lowest BCUT2D eigenvalue weighted by Gasteiger charge is -2.39. The highest BCUT2D eigenvalue weighted by molar-refractivity contribution is 5.25. The summed E-state index contributed by atoms with van der Waals surface area (Å²) < 4.78 is 0. The Morgan fingerprint density at radius 3 is 2.55 bits per heavy atom. The molecule has 3 N–H and O–H groups in total. The second-order valence-corrected chi connectivity index (χ2v) is 5.95. The van der Waals surface area contributed by atoms with Gasteiger partial charge in [-0.15, -0.1) is 0 Å². The van der Waals surface area contributed by atoms with Gasteiger partial charge in [-0.1, -0.05) is 31.2 Å². The number of nitrogens with one attached hydrogen (secondary N) is 1. The third kappa shape index (κ3) is 3.79. The summed E-state index contributed by atoms with van der Waals surface area (Å²) in [7, 11) is 4.41. The summed E-state index contributed by atoms with van der Waals surface area (Å²) in [4.78, 5) is 4.85. The molecule has 1 aliphatic heterocycles. The van der Waals surface area contributed by atoms with Crippen LogP contribution in [0, 0.1) is 0 Å². The Bertz CT molecular complexity index is 403. The first kappa shape index (κ1) is 15.4. The molecule has 1 saturated heterocycles. The number of nitrogens with two attached hydrogens (primary N) is 1. The van der Waals surface area contributed by atoms with Crippen molar-refractivity contribution in [2.45, 2.75) is 31.8 Å². The lowest BCUT2D eigenvalue weighted by atomic mass is 9.96. The topological polar surface area (TPSA) is 44.5 Å². The maximum absolute atomic E-state index is 5.79. The average molecular weight is 276 g/mol. The zero-order valence-electron chi connectivity index (χ0n) is 13.0. The molecule has 1 fully saturated rings. The highest BCUT2D eigenvalue weighted by Crippen LogP contribution is 2.22. The quantitative estimate of drug-likeness (QED) is 0.630. The van der Waals surface area contributed by atoms with E-state index >= 15 is 0 Å². The van der Waals surface area contributed by atoms with Gasteiger partial charge in [-0.2, -0.15) is 0 Å². The molecule has 0 amide bonds. The molecule has 0 saturated carbocycles. The van der Waals surface area contributed by atoms with Crippen molar-refractivity contribution in [3.8, 4) is 0 Å². The first-order valence-electron chi connectivity index (χ1n) is 7.57. The molecule has 0 bridgehead atoms. The van der Waals surface area contributed by atoms with Crippen LogP contribution in [-0.4, -0.2) is 49.6 Å². The Morgan fingerprint density at radius 2 is 1.95 bits per heavy atom. The number of hydrogen-bond acceptors (Lipinski definition) is 4. The van der Waals surface area contributed by atoms with Crippen LogP contribution < -0.4 is 11.3 Å². The molecule has 0 spiro atoms. The van der Waals surface area contributed by atoms with Gasteiger partial charge < -0.3 is 9.80 Å². The summed E-state index contributed by atoms with van der Waals surface area (Å²) in [6.45, 7) is 5.58. The number of nitrogens with zero attached hydrogens (tertiary/aromatic N) is 2. The van der Waals surface area contributed by atoms with E-state index in [4.69, 9.17) is 5.84 Å². The van der Waals surface area contributed by atoms with E-state index in [0.717, 1.165) is 32.5 Å². The number of rotatable bonds is 5. The van der Waals surface area contributed by atoms with E-state index in [9.17, 15) is 0 Å². The molecule has 2 rings (SSSR count). The van der Waals surface area contributed by atoms with Gasteiger partial charge in [0.1, 0.15) is 0 Å². The van der Waals surface area contributed by atoms with Gasteiger partial charge in [0, 0.05) is 31.7 Å². The second-order valence-electron chi connectivity index (χ2n) is 5.95. The molecule has 20 heavy (non-hydrogen) atoms. The molecule has 112 valence electrons. The molecular formula is C16H28N4. The fourth-order valence-corrected chi connectivity index (χ4v) is 2.91. The summed E-state index contributed by atoms with van der Waals surface area (Å²) in [5.41, 5.74) is 5.65. The predicted octanol–water partition coefficient (Wildman–Crippen LogP) is 1.39. The lowest BCUT2D eigenvalue weighted by molar-refractivity contribution is 0.101. The van der Waals surface area contributed by atoms with Crippen LogP contribution in [0.3, 0.4) is 0 Å². The van der Waals surface area contributed by atoms with Crippen molar-refractivity contribution in [2.24, 2.45) is 5.84 Å². The molecule has 0 radical (unpaired) electrons. The molecular weight excluding hydrogens is 248 g/mol. The molecule has 0 aromatic heterocycles. The van der Waals surface area contributed by atoms with Crippen molar-refractivity contribution in [3.05, 3.63) is 35.4 Å². The van der Waals surface area contributed by atoms with E-state index in [-0.39, 0.29) is 6.04 Å². The van der Waals surface area contributed by atoms with Crippen molar-refractivity contribution < 1.29 is 0 Å². The predicted molar refractivity (Wildman–Crippen MR) is 84.4 cm³/mol. The van der Waals surface area contributed by atoms with Crippen LogP contribution in [0.25, 0.3) is 0 Å². The summed E-state index contributed by atoms with van der Waals surface area (Å²) in [5, 5.41) is 0. The Morgan fingerprint density at radius 1 is 1.25 bits per heavy atom. The van der Waals surface area contributed by atoms with Gasteiger partial charge in [0.25, 0.3) is 0 Å². The fraction of sp³-hybridized carbons (Fsp3) is 0.625. The molecule has 1 aliphatic rings. The van der Waals surface area contributed by atoms with Gasteiger partial charge in [-0.25, -0.2) is 0 Å². The van der Waals surface area contributed by atoms with E-state index in [1.165, 1.54) is 11.1 Å². The van der Waals surface area contributed by atoms with E-state index in [1.807, 2.05) is 0 Å². The number of aryl methyl sites for hydroxylation is 1. The van der Waals surface area contributed by atoms with E-state index in [2.05, 4.69) is 60.5 Å². The standard InChI is InChI=1S/C16H28N4/c1-4-13-5-7-14(8-6-13)16(18-17)11-15-12-19(2)9-10-20(15)3/h5-8,15-16,18H,4,9-12,17H2,1-3H3. The fourth-order valence-electron chi connectivity index (χ4n) is 2.91. The normalized spacial score (nSPS) is 22.9. The van der Waals surface area contributed by atoms with Crippen LogP contribution in [0.1, 0.15) is 30.5 Å². The average Bonchev–Trinajstić information content (AvgIpc) is 2.48. The summed E-state index contributed by atoms with van der Waals surface area (Å²) in [5.74, 6) is 5.79. The minimum absolute atomic E-state index is 0.222. The van der Waals surface area contributed by atoms with Gasteiger partial charge in [0.15, 0.2) is 0 Å². The van der Waals surface area contributed by atoms with E-state index < -0.39 is 0 Å². The van der Waals surface area contributed by atoms with Gasteiger partial charge in [0.2, 0.25) is 0 Å². The van der Waals surface area contributed by atoms with Crippen molar-refractivity contribution >= 4 is 0 Å². The monoisotopic (exact) mass is 276 g/mol. The molecule has 2 unspecified atom stereocenters. The van der Waals surface area contributed by atoms with E-state index in [0.29, 0.717) is 6.04 Å². The van der Waals surface area contributed by atoms with Crippen molar-refractivity contribution in [2.75, 3.05) is 33.7 Å². The maximum Gasteiger partial charge on any atom is 0.0475 e. The molecule has 1 heterocycles. The number of benzene rings is 1. The van der Waals surface area contributed by atoms with Crippen LogP contribution in [-0.2, 0) is 6.42 Å². The summed E-state index contributed by atoms with van der Waals surface area (Å²) in [6, 6.07) is 9.60. The van der Waals surface area contributed by atoms with Crippen LogP contribution in [0.2, 0.25) is 0 Å². The number of piperazine rings is 1. The first-order chi connectivity index (χ1) is 9.63. The Balaban J connectivity index is 2.03. The maximum atomic E-state index is 5.79.